The zero-order valence-corrected chi connectivity index (χ0v) is 16.5. The molecule has 0 aliphatic carbocycles. The van der Waals surface area contributed by atoms with Crippen molar-refractivity contribution in [1.82, 2.24) is 9.56 Å². The summed E-state index contributed by atoms with van der Waals surface area (Å²) in [6.07, 6.45) is 0. The van der Waals surface area contributed by atoms with Gasteiger partial charge in [0, 0.05) is 35.8 Å². The van der Waals surface area contributed by atoms with E-state index in [0.717, 1.165) is 52.9 Å². The number of nitrogens with one attached hydrogen (secondary N) is 1. The summed E-state index contributed by atoms with van der Waals surface area (Å²) in [4.78, 5) is 4.85. The number of rotatable bonds is 4. The summed E-state index contributed by atoms with van der Waals surface area (Å²) in [5.41, 5.74) is 5.71. The van der Waals surface area contributed by atoms with Gasteiger partial charge >= 0.3 is 0 Å². The smallest absolute Gasteiger partial charge is 0.200 e. The Balaban J connectivity index is 2.01. The van der Waals surface area contributed by atoms with Gasteiger partial charge in [-0.2, -0.15) is 0 Å². The normalized spacial score (nSPS) is 11.4. The van der Waals surface area contributed by atoms with Gasteiger partial charge in [0.25, 0.3) is 0 Å². The highest BCUT2D eigenvalue weighted by Gasteiger charge is 2.10. The molecule has 0 aliphatic rings. The van der Waals surface area contributed by atoms with Crippen molar-refractivity contribution in [1.29, 1.82) is 0 Å². The van der Waals surface area contributed by atoms with Gasteiger partial charge < -0.3 is 9.73 Å². The van der Waals surface area contributed by atoms with E-state index >= 15 is 0 Å². The molecule has 1 heterocycles. The molecule has 4 nitrogen and oxygen atoms in total. The number of aryl methyl sites for hydroxylation is 1. The Morgan fingerprint density at radius 3 is 2.52 bits per heavy atom. The lowest BCUT2D eigenvalue weighted by Crippen LogP contribution is -2.29. The maximum absolute atomic E-state index is 6.34. The van der Waals surface area contributed by atoms with Crippen molar-refractivity contribution in [3.05, 3.63) is 53.4 Å². The molecule has 0 spiro atoms. The van der Waals surface area contributed by atoms with E-state index in [4.69, 9.17) is 9.40 Å². The van der Waals surface area contributed by atoms with Crippen LogP contribution in [0.3, 0.4) is 0 Å². The molecule has 138 valence electrons. The summed E-state index contributed by atoms with van der Waals surface area (Å²) in [5, 5.41) is 6.91. The molecule has 4 heteroatoms. The summed E-state index contributed by atoms with van der Waals surface area (Å²) in [6.45, 7) is 11.4. The van der Waals surface area contributed by atoms with Crippen LogP contribution >= 0.6 is 0 Å². The van der Waals surface area contributed by atoms with E-state index < -0.39 is 0 Å². The predicted molar refractivity (Wildman–Crippen MR) is 114 cm³/mol. The maximum atomic E-state index is 6.34. The molecule has 0 fully saturated rings. The summed E-state index contributed by atoms with van der Waals surface area (Å²) in [7, 11) is 0. The molecule has 0 radical (unpaired) electrons. The first-order chi connectivity index (χ1) is 13.1. The average Bonchev–Trinajstić information content (AvgIpc) is 2.68. The average molecular weight is 360 g/mol. The molecule has 0 amide bonds. The first-order valence-corrected chi connectivity index (χ1v) is 9.74. The molecule has 1 N–H and O–H groups in total. The third-order valence-electron chi connectivity index (χ3n) is 5.19. The highest BCUT2D eigenvalue weighted by molar-refractivity contribution is 6.04. The Bertz CT molecular complexity index is 1220. The molecule has 0 saturated heterocycles. The second-order valence-electron chi connectivity index (χ2n) is 6.87. The molecule has 0 bridgehead atoms. The highest BCUT2D eigenvalue weighted by Crippen LogP contribution is 2.29. The molecule has 1 aromatic heterocycles. The Hall–Kier alpha value is -2.88. The number of fused-ring (bicyclic) bond motifs is 4. The van der Waals surface area contributed by atoms with E-state index in [1.54, 1.807) is 0 Å². The molecule has 4 rings (SSSR count). The molecule has 0 unspecified atom stereocenters. The van der Waals surface area contributed by atoms with Crippen molar-refractivity contribution >= 4 is 38.7 Å². The molecule has 4 aromatic rings. The van der Waals surface area contributed by atoms with E-state index in [1.165, 1.54) is 16.3 Å². The van der Waals surface area contributed by atoms with Gasteiger partial charge in [0.2, 0.25) is 5.36 Å². The quantitative estimate of drug-likeness (QED) is 0.326. The van der Waals surface area contributed by atoms with Gasteiger partial charge in [-0.3, -0.25) is 0 Å². The van der Waals surface area contributed by atoms with Crippen LogP contribution in [0.5, 0.6) is 0 Å². The van der Waals surface area contributed by atoms with Gasteiger partial charge in [0.05, 0.1) is 0 Å². The molecule has 0 aliphatic heterocycles. The summed E-state index contributed by atoms with van der Waals surface area (Å²) in [5.74, 6) is 0. The second kappa shape index (κ2) is 7.03. The van der Waals surface area contributed by atoms with Gasteiger partial charge in [-0.25, -0.2) is 9.56 Å². The second-order valence-corrected chi connectivity index (χ2v) is 6.87. The minimum atomic E-state index is 0.810. The van der Waals surface area contributed by atoms with Crippen LogP contribution < -0.4 is 15.2 Å². The minimum absolute atomic E-state index is 0.810. The van der Waals surface area contributed by atoms with Gasteiger partial charge in [-0.1, -0.05) is 6.07 Å². The van der Waals surface area contributed by atoms with Crippen LogP contribution in [0.1, 0.15) is 26.3 Å². The Labute approximate surface area is 159 Å². The molecule has 27 heavy (non-hydrogen) atoms. The number of hydrogen-bond donors (Lipinski definition) is 1. The van der Waals surface area contributed by atoms with Gasteiger partial charge in [-0.15, -0.1) is 0 Å². The maximum Gasteiger partial charge on any atom is 0.200 e. The van der Waals surface area contributed by atoms with Crippen LogP contribution in [-0.4, -0.2) is 24.6 Å². The van der Waals surface area contributed by atoms with Gasteiger partial charge in [0.1, 0.15) is 24.1 Å². The van der Waals surface area contributed by atoms with Crippen molar-refractivity contribution in [2.24, 2.45) is 0 Å². The van der Waals surface area contributed by atoms with Crippen molar-refractivity contribution in [2.45, 2.75) is 27.7 Å². The molecule has 3 aromatic carbocycles. The Morgan fingerprint density at radius 1 is 0.963 bits per heavy atom. The molecular formula is C23H26N3O+. The third kappa shape index (κ3) is 3.05. The predicted octanol–water partition coefficient (Wildman–Crippen LogP) is 4.69. The largest absolute Gasteiger partial charge is 0.452 e. The highest BCUT2D eigenvalue weighted by atomic mass is 16.3. The first kappa shape index (κ1) is 17.5. The van der Waals surface area contributed by atoms with Crippen molar-refractivity contribution in [2.75, 3.05) is 25.0 Å². The van der Waals surface area contributed by atoms with Crippen molar-refractivity contribution in [3.63, 3.8) is 0 Å². The van der Waals surface area contributed by atoms with Crippen molar-refractivity contribution < 1.29 is 4.42 Å². The third-order valence-corrected chi connectivity index (χ3v) is 5.19. The van der Waals surface area contributed by atoms with E-state index in [0.29, 0.717) is 0 Å². The fourth-order valence-corrected chi connectivity index (χ4v) is 3.72. The molecule has 0 saturated carbocycles. The van der Waals surface area contributed by atoms with E-state index in [1.807, 2.05) is 0 Å². The monoisotopic (exact) mass is 360 g/mol. The topological polar surface area (TPSA) is 41.1 Å². The fourth-order valence-electron chi connectivity index (χ4n) is 3.72. The standard InChI is InChI=1S/C23H25N3O/c1-5-24-20-14-22-21(12-15(20)4)25-19-11-8-16-13-17(26(6-2)7-3)9-10-18(16)23(19)27-22/h8-14H,5-7H2,1-4H3/p+1. The van der Waals surface area contributed by atoms with Crippen LogP contribution in [-0.2, 0) is 0 Å². The van der Waals surface area contributed by atoms with E-state index in [2.05, 4.69) is 80.1 Å². The molecular weight excluding hydrogens is 334 g/mol. The SMILES string of the molecule is CCNc1cc2oc3c(ccc4cc(=[N+](CC)CC)ccc43)nc2cc1C. The Kier molecular flexibility index (Phi) is 4.56. The van der Waals surface area contributed by atoms with Crippen LogP contribution in [0.2, 0.25) is 0 Å². The lowest BCUT2D eigenvalue weighted by molar-refractivity contribution is 0.627. The van der Waals surface area contributed by atoms with Crippen molar-refractivity contribution in [3.8, 4) is 0 Å². The van der Waals surface area contributed by atoms with Crippen LogP contribution in [0.15, 0.2) is 46.9 Å². The number of anilines is 1. The lowest BCUT2D eigenvalue weighted by atomic mass is 10.1. The number of benzene rings is 3. The zero-order valence-electron chi connectivity index (χ0n) is 16.5. The molecule has 0 atom stereocenters. The van der Waals surface area contributed by atoms with Crippen LogP contribution in [0.25, 0.3) is 33.0 Å². The lowest BCUT2D eigenvalue weighted by Gasteiger charge is -2.10. The van der Waals surface area contributed by atoms with Crippen LogP contribution in [0.4, 0.5) is 5.69 Å². The summed E-state index contributed by atoms with van der Waals surface area (Å²) >= 11 is 0. The Morgan fingerprint density at radius 2 is 1.78 bits per heavy atom. The summed E-state index contributed by atoms with van der Waals surface area (Å²) < 4.78 is 8.69. The van der Waals surface area contributed by atoms with E-state index in [-0.39, 0.29) is 0 Å². The van der Waals surface area contributed by atoms with Gasteiger partial charge in [0.15, 0.2) is 11.2 Å². The van der Waals surface area contributed by atoms with E-state index in [9.17, 15) is 0 Å². The fraction of sp³-hybridized carbons (Fsp3) is 0.304. The summed E-state index contributed by atoms with van der Waals surface area (Å²) in [6, 6.07) is 14.9. The van der Waals surface area contributed by atoms with Gasteiger partial charge in [-0.05, 0) is 56.8 Å². The number of nitrogens with zero attached hydrogens (tertiary/aromatic N) is 2. The first-order valence-electron chi connectivity index (χ1n) is 9.74. The van der Waals surface area contributed by atoms with Crippen LogP contribution in [0, 0.1) is 6.92 Å². The minimum Gasteiger partial charge on any atom is -0.452 e. The number of aromatic nitrogens is 1. The zero-order chi connectivity index (χ0) is 19.0. The number of hydrogen-bond acceptors (Lipinski definition) is 3.